The Labute approximate surface area is 99.8 Å². The van der Waals surface area contributed by atoms with E-state index in [0.717, 1.165) is 0 Å². The molecule has 6 nitrogen and oxygen atoms in total. The van der Waals surface area contributed by atoms with Gasteiger partial charge in [-0.1, -0.05) is 0 Å². The monoisotopic (exact) mass is 240 g/mol. The highest BCUT2D eigenvalue weighted by Crippen LogP contribution is 2.38. The zero-order valence-corrected chi connectivity index (χ0v) is 10.3. The highest BCUT2D eigenvalue weighted by atomic mass is 16.5. The van der Waals surface area contributed by atoms with Gasteiger partial charge in [-0.05, 0) is 0 Å². The number of ether oxygens (including phenoxy) is 3. The van der Waals surface area contributed by atoms with E-state index in [1.807, 2.05) is 0 Å². The van der Waals surface area contributed by atoms with E-state index < -0.39 is 0 Å². The Bertz CT molecular complexity index is 381. The van der Waals surface area contributed by atoms with Gasteiger partial charge >= 0.3 is 0 Å². The lowest BCUT2D eigenvalue weighted by Gasteiger charge is -2.16. The fourth-order valence-electron chi connectivity index (χ4n) is 1.28. The summed E-state index contributed by atoms with van der Waals surface area (Å²) in [7, 11) is 4.59. The molecule has 0 unspecified atom stereocenters. The maximum absolute atomic E-state index is 10.9. The van der Waals surface area contributed by atoms with Crippen LogP contribution in [0.25, 0.3) is 0 Å². The van der Waals surface area contributed by atoms with Gasteiger partial charge in [0, 0.05) is 19.1 Å². The van der Waals surface area contributed by atoms with Gasteiger partial charge < -0.3 is 14.2 Å². The Kier molecular flexibility index (Phi) is 4.45. The van der Waals surface area contributed by atoms with Crippen LogP contribution in [0, 0.1) is 0 Å². The number of rotatable bonds is 5. The summed E-state index contributed by atoms with van der Waals surface area (Å²) in [5.41, 5.74) is 5.72. The first-order valence-corrected chi connectivity index (χ1v) is 4.95. The predicted molar refractivity (Wildman–Crippen MR) is 63.5 cm³/mol. The molecule has 1 amide bonds. The molecule has 1 rings (SSSR count). The minimum Gasteiger partial charge on any atom is -0.496 e. The molecule has 1 aromatic carbocycles. The van der Waals surface area contributed by atoms with Crippen molar-refractivity contribution in [3.63, 3.8) is 0 Å². The molecule has 0 fully saturated rings. The van der Waals surface area contributed by atoms with Crippen LogP contribution in [0.3, 0.4) is 0 Å². The van der Waals surface area contributed by atoms with Crippen LogP contribution in [0.2, 0.25) is 0 Å². The third kappa shape index (κ3) is 3.17. The smallest absolute Gasteiger partial charge is 0.235 e. The Hall–Kier alpha value is -2.11. The van der Waals surface area contributed by atoms with Crippen molar-refractivity contribution in [3.05, 3.63) is 12.1 Å². The number of hydrogen-bond donors (Lipinski definition) is 2. The van der Waals surface area contributed by atoms with E-state index in [4.69, 9.17) is 14.2 Å². The standard InChI is InChI=1S/C11H16N2O4/c1-7(14)12-13-11-9(16-3)5-8(15-2)6-10(11)17-4/h5-6,13H,1-4H3,(H,12,14). The molecule has 0 aliphatic carbocycles. The van der Waals surface area contributed by atoms with E-state index in [1.54, 1.807) is 19.2 Å². The fourth-order valence-corrected chi connectivity index (χ4v) is 1.28. The van der Waals surface area contributed by atoms with Crippen LogP contribution in [0.4, 0.5) is 5.69 Å². The molecule has 0 spiro atoms. The van der Waals surface area contributed by atoms with Crippen molar-refractivity contribution >= 4 is 11.6 Å². The minimum absolute atomic E-state index is 0.218. The van der Waals surface area contributed by atoms with E-state index in [9.17, 15) is 4.79 Å². The van der Waals surface area contributed by atoms with Crippen LogP contribution in [-0.2, 0) is 4.79 Å². The lowest BCUT2D eigenvalue weighted by Crippen LogP contribution is -2.27. The highest BCUT2D eigenvalue weighted by molar-refractivity contribution is 5.77. The van der Waals surface area contributed by atoms with Crippen molar-refractivity contribution in [1.29, 1.82) is 0 Å². The van der Waals surface area contributed by atoms with Crippen LogP contribution < -0.4 is 25.1 Å². The molecule has 2 N–H and O–H groups in total. The molecule has 0 saturated heterocycles. The molecular weight excluding hydrogens is 224 g/mol. The summed E-state index contributed by atoms with van der Waals surface area (Å²) < 4.78 is 15.5. The van der Waals surface area contributed by atoms with E-state index in [2.05, 4.69) is 10.9 Å². The number of anilines is 1. The molecule has 0 radical (unpaired) electrons. The van der Waals surface area contributed by atoms with Gasteiger partial charge in [0.1, 0.15) is 11.4 Å². The second-order valence-electron chi connectivity index (χ2n) is 3.21. The van der Waals surface area contributed by atoms with Crippen molar-refractivity contribution in [2.24, 2.45) is 0 Å². The molecule has 94 valence electrons. The van der Waals surface area contributed by atoms with Crippen LogP contribution >= 0.6 is 0 Å². The normalized spacial score (nSPS) is 9.41. The first kappa shape index (κ1) is 13.0. The summed E-state index contributed by atoms with van der Waals surface area (Å²) in [6.45, 7) is 1.40. The summed E-state index contributed by atoms with van der Waals surface area (Å²) in [4.78, 5) is 10.9. The second kappa shape index (κ2) is 5.83. The third-order valence-electron chi connectivity index (χ3n) is 2.08. The summed E-state index contributed by atoms with van der Waals surface area (Å²) in [6, 6.07) is 3.37. The number of nitrogens with one attached hydrogen (secondary N) is 2. The minimum atomic E-state index is -0.218. The molecule has 0 heterocycles. The van der Waals surface area contributed by atoms with Crippen LogP contribution in [0.5, 0.6) is 17.2 Å². The first-order chi connectivity index (χ1) is 8.12. The van der Waals surface area contributed by atoms with Crippen molar-refractivity contribution in [2.75, 3.05) is 26.8 Å². The van der Waals surface area contributed by atoms with Gasteiger partial charge in [0.25, 0.3) is 0 Å². The van der Waals surface area contributed by atoms with Gasteiger partial charge in [-0.3, -0.25) is 15.6 Å². The maximum Gasteiger partial charge on any atom is 0.235 e. The molecule has 0 aliphatic heterocycles. The van der Waals surface area contributed by atoms with Gasteiger partial charge in [-0.15, -0.1) is 0 Å². The van der Waals surface area contributed by atoms with Crippen molar-refractivity contribution in [1.82, 2.24) is 5.43 Å². The summed E-state index contributed by atoms with van der Waals surface area (Å²) in [5.74, 6) is 1.40. The number of methoxy groups -OCH3 is 3. The highest BCUT2D eigenvalue weighted by Gasteiger charge is 2.13. The predicted octanol–water partition coefficient (Wildman–Crippen LogP) is 1.18. The number of benzene rings is 1. The fraction of sp³-hybridized carbons (Fsp3) is 0.364. The van der Waals surface area contributed by atoms with Crippen molar-refractivity contribution < 1.29 is 19.0 Å². The van der Waals surface area contributed by atoms with E-state index in [0.29, 0.717) is 22.9 Å². The zero-order chi connectivity index (χ0) is 12.8. The molecule has 1 aromatic rings. The van der Waals surface area contributed by atoms with Crippen LogP contribution in [0.15, 0.2) is 12.1 Å². The topological polar surface area (TPSA) is 68.8 Å². The number of carbonyl (C=O) groups excluding carboxylic acids is 1. The number of amides is 1. The van der Waals surface area contributed by atoms with Crippen molar-refractivity contribution in [3.8, 4) is 17.2 Å². The summed E-state index contributed by atoms with van der Waals surface area (Å²) in [6.07, 6.45) is 0. The van der Waals surface area contributed by atoms with Gasteiger partial charge in [-0.25, -0.2) is 0 Å². The van der Waals surface area contributed by atoms with Crippen LogP contribution in [-0.4, -0.2) is 27.2 Å². The number of hydrogen-bond acceptors (Lipinski definition) is 5. The average Bonchev–Trinajstić information content (AvgIpc) is 2.34. The van der Waals surface area contributed by atoms with Gasteiger partial charge in [0.05, 0.1) is 21.3 Å². The van der Waals surface area contributed by atoms with Gasteiger partial charge in [0.15, 0.2) is 11.5 Å². The molecule has 0 atom stereocenters. The summed E-state index contributed by atoms with van der Waals surface area (Å²) in [5, 5.41) is 0. The third-order valence-corrected chi connectivity index (χ3v) is 2.08. The lowest BCUT2D eigenvalue weighted by atomic mass is 10.2. The Morgan fingerprint density at radius 1 is 1.06 bits per heavy atom. The Morgan fingerprint density at radius 3 is 1.94 bits per heavy atom. The Morgan fingerprint density at radius 2 is 1.59 bits per heavy atom. The quantitative estimate of drug-likeness (QED) is 0.756. The second-order valence-corrected chi connectivity index (χ2v) is 3.21. The van der Waals surface area contributed by atoms with E-state index >= 15 is 0 Å². The molecule has 0 aromatic heterocycles. The molecule has 0 saturated carbocycles. The number of hydrazine groups is 1. The summed E-state index contributed by atoms with van der Waals surface area (Å²) >= 11 is 0. The van der Waals surface area contributed by atoms with Crippen LogP contribution in [0.1, 0.15) is 6.92 Å². The average molecular weight is 240 g/mol. The van der Waals surface area contributed by atoms with Gasteiger partial charge in [0.2, 0.25) is 5.91 Å². The Balaban J connectivity index is 3.10. The molecule has 6 heteroatoms. The molecule has 0 bridgehead atoms. The largest absolute Gasteiger partial charge is 0.496 e. The van der Waals surface area contributed by atoms with Crippen molar-refractivity contribution in [2.45, 2.75) is 6.92 Å². The SMILES string of the molecule is COc1cc(OC)c(NNC(C)=O)c(OC)c1. The van der Waals surface area contributed by atoms with Gasteiger partial charge in [-0.2, -0.15) is 0 Å². The molecular formula is C11H16N2O4. The van der Waals surface area contributed by atoms with E-state index in [-0.39, 0.29) is 5.91 Å². The zero-order valence-electron chi connectivity index (χ0n) is 10.3. The first-order valence-electron chi connectivity index (χ1n) is 4.95. The van der Waals surface area contributed by atoms with E-state index in [1.165, 1.54) is 21.1 Å². The number of carbonyl (C=O) groups is 1. The lowest BCUT2D eigenvalue weighted by molar-refractivity contribution is -0.118. The maximum atomic E-state index is 10.9. The molecule has 0 aliphatic rings. The molecule has 17 heavy (non-hydrogen) atoms.